The van der Waals surface area contributed by atoms with Gasteiger partial charge in [-0.25, -0.2) is 9.97 Å². The molecule has 1 aromatic rings. The molecule has 2 N–H and O–H groups in total. The summed E-state index contributed by atoms with van der Waals surface area (Å²) in [5.41, 5.74) is 5.77. The third kappa shape index (κ3) is 2.83. The maximum atomic E-state index is 12.0. The molecule has 0 aromatic carbocycles. The van der Waals surface area contributed by atoms with Gasteiger partial charge in [0.05, 0.1) is 10.2 Å². The molecule has 3 nitrogen and oxygen atoms in total. The van der Waals surface area contributed by atoms with Crippen LogP contribution < -0.4 is 5.73 Å². The third-order valence-electron chi connectivity index (χ3n) is 1.45. The zero-order chi connectivity index (χ0) is 10.9. The fourth-order valence-electron chi connectivity index (χ4n) is 0.899. The Morgan fingerprint density at radius 2 is 1.93 bits per heavy atom. The number of nitrogens with two attached hydrogens (primary N) is 1. The van der Waals surface area contributed by atoms with Crippen molar-refractivity contribution < 1.29 is 13.2 Å². The van der Waals surface area contributed by atoms with Crippen molar-refractivity contribution in [1.29, 1.82) is 0 Å². The first-order valence-electron chi connectivity index (χ1n) is 3.65. The van der Waals surface area contributed by atoms with E-state index in [1.54, 1.807) is 6.92 Å². The summed E-state index contributed by atoms with van der Waals surface area (Å²) in [7, 11) is 0. The summed E-state index contributed by atoms with van der Waals surface area (Å²) in [5, 5.41) is 0. The Balaban J connectivity index is 3.02. The minimum absolute atomic E-state index is 0.0248. The lowest BCUT2D eigenvalue weighted by Crippen LogP contribution is -2.15. The van der Waals surface area contributed by atoms with E-state index in [0.717, 1.165) is 0 Å². The van der Waals surface area contributed by atoms with Gasteiger partial charge < -0.3 is 5.73 Å². The number of hydrogen-bond acceptors (Lipinski definition) is 3. The van der Waals surface area contributed by atoms with Crippen LogP contribution in [0.3, 0.4) is 0 Å². The van der Waals surface area contributed by atoms with Crippen LogP contribution >= 0.6 is 15.9 Å². The summed E-state index contributed by atoms with van der Waals surface area (Å²) < 4.78 is 36.4. The van der Waals surface area contributed by atoms with Crippen LogP contribution in [0.2, 0.25) is 0 Å². The predicted octanol–water partition coefficient (Wildman–Crippen LogP) is 2.23. The van der Waals surface area contributed by atoms with Crippen molar-refractivity contribution in [1.82, 2.24) is 9.97 Å². The van der Waals surface area contributed by atoms with Crippen LogP contribution in [0.1, 0.15) is 11.5 Å². The minimum atomic E-state index is -4.31. The van der Waals surface area contributed by atoms with Crippen molar-refractivity contribution in [3.05, 3.63) is 16.0 Å². The largest absolute Gasteiger partial charge is 0.396 e. The smallest absolute Gasteiger partial charge is 0.383 e. The number of alkyl halides is 3. The highest BCUT2D eigenvalue weighted by Gasteiger charge is 2.29. The Morgan fingerprint density at radius 1 is 1.36 bits per heavy atom. The molecule has 0 saturated carbocycles. The van der Waals surface area contributed by atoms with E-state index >= 15 is 0 Å². The Morgan fingerprint density at radius 3 is 2.36 bits per heavy atom. The van der Waals surface area contributed by atoms with Gasteiger partial charge in [0, 0.05) is 0 Å². The fraction of sp³-hybridized carbons (Fsp3) is 0.429. The molecule has 0 amide bonds. The monoisotopic (exact) mass is 269 g/mol. The first-order valence-corrected chi connectivity index (χ1v) is 4.44. The van der Waals surface area contributed by atoms with Crippen LogP contribution in [-0.2, 0) is 6.42 Å². The molecular weight excluding hydrogens is 263 g/mol. The number of halogens is 4. The van der Waals surface area contributed by atoms with Gasteiger partial charge in [0.15, 0.2) is 0 Å². The van der Waals surface area contributed by atoms with Gasteiger partial charge in [0.2, 0.25) is 0 Å². The Kier molecular flexibility index (Phi) is 2.98. The average Bonchev–Trinajstić information content (AvgIpc) is 1.96. The second-order valence-electron chi connectivity index (χ2n) is 2.72. The van der Waals surface area contributed by atoms with Crippen molar-refractivity contribution in [2.24, 2.45) is 0 Å². The fourth-order valence-corrected chi connectivity index (χ4v) is 1.08. The number of nitrogens with zero attached hydrogens (tertiary/aromatic N) is 2. The van der Waals surface area contributed by atoms with Gasteiger partial charge in [0.1, 0.15) is 18.1 Å². The molecule has 1 aromatic heterocycles. The van der Waals surface area contributed by atoms with Gasteiger partial charge in [-0.05, 0) is 22.9 Å². The molecule has 1 rings (SSSR count). The number of anilines is 1. The SMILES string of the molecule is Cc1nc(CC(F)(F)F)nc(N)c1Br. The molecule has 1 heterocycles. The first kappa shape index (κ1) is 11.2. The molecule has 78 valence electrons. The van der Waals surface area contributed by atoms with Gasteiger partial charge in [-0.15, -0.1) is 0 Å². The molecule has 14 heavy (non-hydrogen) atoms. The molecule has 0 aliphatic rings. The highest BCUT2D eigenvalue weighted by atomic mass is 79.9. The molecule has 0 fully saturated rings. The van der Waals surface area contributed by atoms with E-state index in [9.17, 15) is 13.2 Å². The molecule has 0 aliphatic carbocycles. The maximum absolute atomic E-state index is 12.0. The lowest BCUT2D eigenvalue weighted by atomic mass is 10.3. The zero-order valence-electron chi connectivity index (χ0n) is 7.19. The summed E-state index contributed by atoms with van der Waals surface area (Å²) >= 11 is 3.06. The van der Waals surface area contributed by atoms with E-state index in [4.69, 9.17) is 5.73 Å². The van der Waals surface area contributed by atoms with E-state index in [1.807, 2.05) is 0 Å². The predicted molar refractivity (Wildman–Crippen MR) is 48.6 cm³/mol. The van der Waals surface area contributed by atoms with Crippen molar-refractivity contribution >= 4 is 21.7 Å². The van der Waals surface area contributed by atoms with Gasteiger partial charge in [-0.3, -0.25) is 0 Å². The van der Waals surface area contributed by atoms with Gasteiger partial charge in [-0.2, -0.15) is 13.2 Å². The number of nitrogen functional groups attached to an aromatic ring is 1. The topological polar surface area (TPSA) is 51.8 Å². The van der Waals surface area contributed by atoms with E-state index in [1.165, 1.54) is 0 Å². The summed E-state index contributed by atoms with van der Waals surface area (Å²) in [5.74, 6) is -0.285. The van der Waals surface area contributed by atoms with E-state index in [2.05, 4.69) is 25.9 Å². The summed E-state index contributed by atoms with van der Waals surface area (Å²) in [6.07, 6.45) is -5.47. The molecule has 0 atom stereocenters. The van der Waals surface area contributed by atoms with E-state index in [0.29, 0.717) is 10.2 Å². The Labute approximate surface area is 86.7 Å². The highest BCUT2D eigenvalue weighted by molar-refractivity contribution is 9.10. The minimum Gasteiger partial charge on any atom is -0.383 e. The molecule has 0 aliphatic heterocycles. The molecule has 0 bridgehead atoms. The number of aromatic nitrogens is 2. The Bertz CT molecular complexity index is 328. The standard InChI is InChI=1S/C7H7BrF3N3/c1-3-5(8)6(12)14-4(13-3)2-7(9,10)11/h2H2,1H3,(H2,12,13,14). The Hall–Kier alpha value is -0.850. The van der Waals surface area contributed by atoms with E-state index < -0.39 is 12.6 Å². The average molecular weight is 270 g/mol. The van der Waals surface area contributed by atoms with Crippen molar-refractivity contribution in [3.63, 3.8) is 0 Å². The lowest BCUT2D eigenvalue weighted by Gasteiger charge is -2.07. The van der Waals surface area contributed by atoms with E-state index in [-0.39, 0.29) is 11.6 Å². The van der Waals surface area contributed by atoms with Crippen LogP contribution in [0.25, 0.3) is 0 Å². The van der Waals surface area contributed by atoms with Crippen LogP contribution in [0.4, 0.5) is 19.0 Å². The highest BCUT2D eigenvalue weighted by Crippen LogP contribution is 2.24. The maximum Gasteiger partial charge on any atom is 0.396 e. The van der Waals surface area contributed by atoms with Crippen LogP contribution in [0, 0.1) is 6.92 Å². The summed E-state index contributed by atoms with van der Waals surface area (Å²) in [6.45, 7) is 1.56. The number of rotatable bonds is 1. The van der Waals surface area contributed by atoms with Crippen molar-refractivity contribution in [2.75, 3.05) is 5.73 Å². The normalized spacial score (nSPS) is 11.8. The van der Waals surface area contributed by atoms with Gasteiger partial charge >= 0.3 is 6.18 Å². The second kappa shape index (κ2) is 3.72. The second-order valence-corrected chi connectivity index (χ2v) is 3.51. The molecule has 0 radical (unpaired) electrons. The molecule has 0 unspecified atom stereocenters. The van der Waals surface area contributed by atoms with Crippen molar-refractivity contribution in [3.8, 4) is 0 Å². The molecular formula is C7H7BrF3N3. The third-order valence-corrected chi connectivity index (χ3v) is 2.43. The van der Waals surface area contributed by atoms with Crippen molar-refractivity contribution in [2.45, 2.75) is 19.5 Å². The summed E-state index contributed by atoms with van der Waals surface area (Å²) in [4.78, 5) is 7.18. The number of hydrogen-bond donors (Lipinski definition) is 1. The molecule has 0 spiro atoms. The molecule has 0 saturated heterocycles. The van der Waals surface area contributed by atoms with Gasteiger partial charge in [0.25, 0.3) is 0 Å². The first-order chi connectivity index (χ1) is 6.29. The van der Waals surface area contributed by atoms with Gasteiger partial charge in [-0.1, -0.05) is 0 Å². The molecule has 7 heteroatoms. The quantitative estimate of drug-likeness (QED) is 0.851. The van der Waals surface area contributed by atoms with Crippen LogP contribution in [-0.4, -0.2) is 16.1 Å². The zero-order valence-corrected chi connectivity index (χ0v) is 8.78. The summed E-state index contributed by atoms with van der Waals surface area (Å²) in [6, 6.07) is 0. The van der Waals surface area contributed by atoms with Crippen LogP contribution in [0.5, 0.6) is 0 Å². The van der Waals surface area contributed by atoms with Crippen LogP contribution in [0.15, 0.2) is 4.47 Å². The number of aryl methyl sites for hydroxylation is 1. The lowest BCUT2D eigenvalue weighted by molar-refractivity contribution is -0.128.